The Morgan fingerprint density at radius 2 is 1.66 bits per heavy atom. The molecule has 4 aromatic rings. The summed E-state index contributed by atoms with van der Waals surface area (Å²) < 4.78 is 35.4. The molecule has 2 saturated carbocycles. The molecule has 8 rings (SSSR count). The molecule has 6 atom stereocenters. The first-order valence-electron chi connectivity index (χ1n) is 23.0. The van der Waals surface area contributed by atoms with Crippen LogP contribution in [0.2, 0.25) is 0 Å². The van der Waals surface area contributed by atoms with Crippen molar-refractivity contribution in [2.45, 2.75) is 93.6 Å². The summed E-state index contributed by atoms with van der Waals surface area (Å²) in [6.45, 7) is 5.44. The zero-order chi connectivity index (χ0) is 44.3. The van der Waals surface area contributed by atoms with Gasteiger partial charge in [0.15, 0.2) is 0 Å². The number of carbonyl (C=O) groups is 1. The first-order valence-corrected chi connectivity index (χ1v) is 24.0. The van der Waals surface area contributed by atoms with E-state index in [1.807, 2.05) is 65.6 Å². The lowest BCUT2D eigenvalue weighted by Crippen LogP contribution is -2.70. The van der Waals surface area contributed by atoms with Gasteiger partial charge in [-0.15, -0.1) is 18.3 Å². The fraction of sp³-hybridized carbons (Fsp3) is 0.434. The highest BCUT2D eigenvalue weighted by molar-refractivity contribution is 7.99. The minimum atomic E-state index is -1.39. The second-order valence-corrected chi connectivity index (χ2v) is 18.6. The van der Waals surface area contributed by atoms with Crippen molar-refractivity contribution in [2.75, 3.05) is 32.2 Å². The molecule has 3 aliphatic carbocycles. The molecule has 0 bridgehead atoms. The van der Waals surface area contributed by atoms with Crippen molar-refractivity contribution in [2.24, 2.45) is 28.8 Å². The minimum absolute atomic E-state index is 0.00754. The lowest BCUT2D eigenvalue weighted by Gasteiger charge is -2.60. The molecule has 9 nitrogen and oxygen atoms in total. The second kappa shape index (κ2) is 21.8. The molecule has 1 aliphatic heterocycles. The van der Waals surface area contributed by atoms with Crippen LogP contribution in [0.25, 0.3) is 0 Å². The maximum absolute atomic E-state index is 14.8. The van der Waals surface area contributed by atoms with Crippen LogP contribution in [0, 0.1) is 29.5 Å². The van der Waals surface area contributed by atoms with Gasteiger partial charge in [-0.2, -0.15) is 0 Å². The van der Waals surface area contributed by atoms with Crippen LogP contribution in [-0.4, -0.2) is 70.7 Å². The maximum Gasteiger partial charge on any atom is 0.239 e. The number of thioether (sulfide) groups is 1. The number of aliphatic hydroxyl groups excluding tert-OH is 2. The fourth-order valence-corrected chi connectivity index (χ4v) is 10.8. The smallest absolute Gasteiger partial charge is 0.239 e. The first-order chi connectivity index (χ1) is 31.4. The van der Waals surface area contributed by atoms with E-state index < -0.39 is 17.7 Å². The number of ether oxygens (including phenoxy) is 3. The Bertz CT molecular complexity index is 2220. The van der Waals surface area contributed by atoms with Gasteiger partial charge >= 0.3 is 0 Å². The van der Waals surface area contributed by atoms with Gasteiger partial charge in [0.25, 0.3) is 0 Å². The Morgan fingerprint density at radius 1 is 0.922 bits per heavy atom. The summed E-state index contributed by atoms with van der Waals surface area (Å²) in [5, 5.41) is 25.0. The molecule has 1 heterocycles. The van der Waals surface area contributed by atoms with Crippen LogP contribution in [0.1, 0.15) is 80.4 Å². The molecule has 0 unspecified atom stereocenters. The van der Waals surface area contributed by atoms with Crippen LogP contribution in [0.4, 0.5) is 4.39 Å². The lowest BCUT2D eigenvalue weighted by molar-refractivity contribution is -0.258. The molecule has 4 aliphatic rings. The number of oxime groups is 1. The number of rotatable bonds is 23. The molecule has 1 amide bonds. The summed E-state index contributed by atoms with van der Waals surface area (Å²) in [4.78, 5) is 24.2. The molecule has 0 spiro atoms. The Kier molecular flexibility index (Phi) is 15.6. The third kappa shape index (κ3) is 10.6. The number of amides is 1. The fourth-order valence-electron chi connectivity index (χ4n) is 10.0. The van der Waals surface area contributed by atoms with Gasteiger partial charge in [-0.3, -0.25) is 4.79 Å². The van der Waals surface area contributed by atoms with Crippen molar-refractivity contribution in [1.82, 2.24) is 4.90 Å². The van der Waals surface area contributed by atoms with E-state index >= 15 is 0 Å². The third-order valence-electron chi connectivity index (χ3n) is 13.1. The molecule has 64 heavy (non-hydrogen) atoms. The Morgan fingerprint density at radius 3 is 2.38 bits per heavy atom. The number of hydrogen-bond donors (Lipinski definition) is 2. The van der Waals surface area contributed by atoms with E-state index in [9.17, 15) is 19.4 Å². The van der Waals surface area contributed by atoms with Crippen molar-refractivity contribution in [1.29, 1.82) is 0 Å². The number of allylic oxidation sites excluding steroid dienone is 1. The Hall–Kier alpha value is -4.94. The highest BCUT2D eigenvalue weighted by atomic mass is 32.2. The molecule has 2 fully saturated rings. The monoisotopic (exact) mass is 888 g/mol. The van der Waals surface area contributed by atoms with Crippen LogP contribution in [0.5, 0.6) is 11.5 Å². The lowest BCUT2D eigenvalue weighted by atomic mass is 9.55. The maximum atomic E-state index is 14.8. The molecule has 0 aromatic heterocycles. The van der Waals surface area contributed by atoms with E-state index in [2.05, 4.69) is 30.9 Å². The predicted octanol–water partition coefficient (Wildman–Crippen LogP) is 10.3. The van der Waals surface area contributed by atoms with Gasteiger partial charge in [0.1, 0.15) is 30.0 Å². The number of aliphatic hydroxyl groups is 2. The topological polar surface area (TPSA) is 110 Å². The largest absolute Gasteiger partial charge is 0.493 e. The van der Waals surface area contributed by atoms with Crippen molar-refractivity contribution in [3.05, 3.63) is 150 Å². The third-order valence-corrected chi connectivity index (χ3v) is 14.1. The summed E-state index contributed by atoms with van der Waals surface area (Å²) in [6, 6.07) is 32.0. The first kappa shape index (κ1) is 45.6. The van der Waals surface area contributed by atoms with Gasteiger partial charge in [-0.1, -0.05) is 90.8 Å². The number of fused-ring (bicyclic) bond motifs is 2. The van der Waals surface area contributed by atoms with E-state index in [0.29, 0.717) is 25.2 Å². The minimum Gasteiger partial charge on any atom is -0.493 e. The van der Waals surface area contributed by atoms with Crippen molar-refractivity contribution in [3.63, 3.8) is 0 Å². The number of benzene rings is 4. The molecule has 4 aromatic carbocycles. The number of hydrogen-bond acceptors (Lipinski definition) is 9. The quantitative estimate of drug-likeness (QED) is 0.0328. The van der Waals surface area contributed by atoms with Crippen molar-refractivity contribution >= 4 is 23.4 Å². The molecule has 2 N–H and O–H groups in total. The van der Waals surface area contributed by atoms with Crippen LogP contribution in [-0.2, 0) is 27.5 Å². The van der Waals surface area contributed by atoms with Crippen molar-refractivity contribution < 1.29 is 38.4 Å². The summed E-state index contributed by atoms with van der Waals surface area (Å²) in [5.41, 5.74) is 4.49. The van der Waals surface area contributed by atoms with Crippen LogP contribution in [0.15, 0.2) is 137 Å². The molecule has 0 radical (unpaired) electrons. The van der Waals surface area contributed by atoms with Crippen LogP contribution < -0.4 is 9.47 Å². The van der Waals surface area contributed by atoms with Crippen LogP contribution >= 0.6 is 11.8 Å². The summed E-state index contributed by atoms with van der Waals surface area (Å²) in [5.74, 6) is -0.132. The van der Waals surface area contributed by atoms with E-state index in [0.717, 1.165) is 78.0 Å². The second-order valence-electron chi connectivity index (χ2n) is 17.4. The molecule has 0 saturated heterocycles. The number of unbranched alkanes of at least 4 members (excludes halogenated alkanes) is 2. The summed E-state index contributed by atoms with van der Waals surface area (Å²) >= 11 is 1.75. The van der Waals surface area contributed by atoms with Gasteiger partial charge in [0.05, 0.1) is 24.8 Å². The Balaban J connectivity index is 1.27. The summed E-state index contributed by atoms with van der Waals surface area (Å²) in [6.07, 6.45) is 10.6. The van der Waals surface area contributed by atoms with E-state index in [4.69, 9.17) is 24.2 Å². The van der Waals surface area contributed by atoms with Gasteiger partial charge in [0.2, 0.25) is 11.7 Å². The Labute approximate surface area is 381 Å². The standard InChI is InChI=1S/C53H61FN2O7S/c1-2-29-61-53-49(56(52(59)39-21-22-39)35-37-19-23-41(54)24-20-37)34-47(55-62-36-38-13-5-3-6-14-38)45-32-40(15-9-11-27-57)44(18-10-12-28-58)50(51(45)53)46-33-42(25-26-48(46)63-53)60-30-31-64-43-16-7-4-8-17-43/h2-8,13-14,16-17,19-20,23-26,32-33,39-40,44,49-51,57-58H,1,9-12,15,18,21-22,27-31,34-36H2/t40-,44+,49-,50+,51+,53+/m0/s1. The molecular formula is C53H61FN2O7S. The number of nitrogens with zero attached hydrogens (tertiary/aromatic N) is 2. The number of halogens is 1. The molecular weight excluding hydrogens is 828 g/mol. The normalized spacial score (nSPS) is 23.9. The van der Waals surface area contributed by atoms with Gasteiger partial charge < -0.3 is 34.2 Å². The molecule has 11 heteroatoms. The van der Waals surface area contributed by atoms with Crippen molar-refractivity contribution in [3.8, 4) is 11.5 Å². The summed E-state index contributed by atoms with van der Waals surface area (Å²) in [7, 11) is 0. The highest BCUT2D eigenvalue weighted by Gasteiger charge is 2.66. The highest BCUT2D eigenvalue weighted by Crippen LogP contribution is 2.62. The predicted molar refractivity (Wildman–Crippen MR) is 249 cm³/mol. The van der Waals surface area contributed by atoms with Gasteiger partial charge in [0, 0.05) is 54.2 Å². The van der Waals surface area contributed by atoms with Crippen LogP contribution in [0.3, 0.4) is 0 Å². The van der Waals surface area contributed by atoms with E-state index in [1.165, 1.54) is 17.0 Å². The molecule has 338 valence electrons. The average Bonchev–Trinajstić information content (AvgIpc) is 4.18. The van der Waals surface area contributed by atoms with Gasteiger partial charge in [-0.05, 0) is 110 Å². The van der Waals surface area contributed by atoms with Gasteiger partial charge in [-0.25, -0.2) is 4.39 Å². The SMILES string of the molecule is C=CCO[C@@]12Oc3ccc(OCCSc4ccccc4)cc3[C@H]3[C@H](CCCCO)[C@@H](CCCCO)C=C(C(=NOCc4ccccc4)C[C@@H]1N(Cc1ccc(F)cc1)C(=O)C1CC1)[C@H]32. The zero-order valence-electron chi connectivity index (χ0n) is 36.6. The number of carbonyl (C=O) groups excluding carboxylic acids is 1. The van der Waals surface area contributed by atoms with E-state index in [-0.39, 0.29) is 74.8 Å². The average molecular weight is 889 g/mol. The zero-order valence-corrected chi connectivity index (χ0v) is 37.4. The van der Waals surface area contributed by atoms with E-state index in [1.54, 1.807) is 30.0 Å².